The van der Waals surface area contributed by atoms with Gasteiger partial charge in [-0.15, -0.1) is 0 Å². The van der Waals surface area contributed by atoms with Crippen LogP contribution in [0.25, 0.3) is 0 Å². The van der Waals surface area contributed by atoms with Crippen molar-refractivity contribution in [2.75, 3.05) is 13.1 Å². The van der Waals surface area contributed by atoms with Crippen LogP contribution in [0, 0.1) is 21.8 Å². The number of nitrogens with two attached hydrogens (primary N) is 1. The van der Waals surface area contributed by atoms with Gasteiger partial charge in [-0.05, 0) is 24.5 Å². The van der Waals surface area contributed by atoms with Crippen molar-refractivity contribution in [3.05, 3.63) is 34.1 Å². The van der Waals surface area contributed by atoms with Crippen molar-refractivity contribution in [2.24, 2.45) is 11.7 Å². The predicted octanol–water partition coefficient (Wildman–Crippen LogP) is 1.09. The monoisotopic (exact) mass is 317 g/mol. The summed E-state index contributed by atoms with van der Waals surface area (Å²) in [5.74, 6) is -0.677. The molecule has 2 N–H and O–H groups in total. The first-order valence-corrected chi connectivity index (χ1v) is 7.87. The van der Waals surface area contributed by atoms with Crippen LogP contribution in [-0.2, 0) is 10.0 Å². The van der Waals surface area contributed by atoms with E-state index in [1.54, 1.807) is 0 Å². The molecule has 0 spiro atoms. The lowest BCUT2D eigenvalue weighted by atomic mass is 9.96. The standard InChI is InChI=1S/C12H16FN3O4S/c1-8-4-5-15(7-10(8)14)21(19,20)12-3-2-9(13)6-11(12)16(17)18/h2-3,6,8,10H,4-5,7,14H2,1H3. The summed E-state index contributed by atoms with van der Waals surface area (Å²) in [5.41, 5.74) is 5.10. The second kappa shape index (κ2) is 5.66. The molecular formula is C12H16FN3O4S. The van der Waals surface area contributed by atoms with E-state index in [1.165, 1.54) is 0 Å². The van der Waals surface area contributed by atoms with Gasteiger partial charge in [-0.1, -0.05) is 6.92 Å². The molecular weight excluding hydrogens is 301 g/mol. The Hall–Kier alpha value is -1.58. The third-order valence-electron chi connectivity index (χ3n) is 3.71. The molecule has 0 amide bonds. The number of benzene rings is 1. The van der Waals surface area contributed by atoms with Gasteiger partial charge in [-0.3, -0.25) is 10.1 Å². The molecule has 21 heavy (non-hydrogen) atoms. The zero-order valence-electron chi connectivity index (χ0n) is 11.4. The van der Waals surface area contributed by atoms with Crippen molar-refractivity contribution in [1.29, 1.82) is 0 Å². The molecule has 9 heteroatoms. The lowest BCUT2D eigenvalue weighted by Gasteiger charge is -2.34. The van der Waals surface area contributed by atoms with Crippen molar-refractivity contribution in [3.63, 3.8) is 0 Å². The first kappa shape index (κ1) is 15.8. The van der Waals surface area contributed by atoms with E-state index in [2.05, 4.69) is 0 Å². The lowest BCUT2D eigenvalue weighted by Crippen LogP contribution is -2.49. The Balaban J connectivity index is 2.43. The third-order valence-corrected chi connectivity index (χ3v) is 5.63. The molecule has 2 rings (SSSR count). The van der Waals surface area contributed by atoms with E-state index in [0.29, 0.717) is 12.5 Å². The average molecular weight is 317 g/mol. The first-order valence-electron chi connectivity index (χ1n) is 6.43. The van der Waals surface area contributed by atoms with Gasteiger partial charge in [0.1, 0.15) is 5.82 Å². The first-order chi connectivity index (χ1) is 9.73. The van der Waals surface area contributed by atoms with Crippen LogP contribution >= 0.6 is 0 Å². The maximum Gasteiger partial charge on any atom is 0.292 e. The van der Waals surface area contributed by atoms with Crippen molar-refractivity contribution in [1.82, 2.24) is 4.31 Å². The second-order valence-electron chi connectivity index (χ2n) is 5.16. The summed E-state index contributed by atoms with van der Waals surface area (Å²) in [6.07, 6.45) is 0.579. The Bertz CT molecular complexity index is 664. The van der Waals surface area contributed by atoms with Crippen molar-refractivity contribution < 1.29 is 17.7 Å². The molecule has 2 atom stereocenters. The Morgan fingerprint density at radius 2 is 2.14 bits per heavy atom. The number of nitrogens with zero attached hydrogens (tertiary/aromatic N) is 2. The van der Waals surface area contributed by atoms with Crippen LogP contribution in [-0.4, -0.2) is 36.8 Å². The number of nitro benzene ring substituents is 1. The summed E-state index contributed by atoms with van der Waals surface area (Å²) < 4.78 is 39.3. The van der Waals surface area contributed by atoms with Crippen LogP contribution in [0.3, 0.4) is 0 Å². The SMILES string of the molecule is CC1CCN(S(=O)(=O)c2ccc(F)cc2[N+](=O)[O-])CC1N. The molecule has 0 aromatic heterocycles. The quantitative estimate of drug-likeness (QED) is 0.663. The minimum Gasteiger partial charge on any atom is -0.326 e. The van der Waals surface area contributed by atoms with E-state index >= 15 is 0 Å². The van der Waals surface area contributed by atoms with Gasteiger partial charge in [0.05, 0.1) is 11.0 Å². The number of sulfonamides is 1. The van der Waals surface area contributed by atoms with Crippen LogP contribution in [0.15, 0.2) is 23.1 Å². The van der Waals surface area contributed by atoms with Gasteiger partial charge >= 0.3 is 0 Å². The fourth-order valence-electron chi connectivity index (χ4n) is 2.28. The molecule has 1 fully saturated rings. The van der Waals surface area contributed by atoms with E-state index < -0.39 is 31.3 Å². The van der Waals surface area contributed by atoms with Crippen LogP contribution in [0.2, 0.25) is 0 Å². The van der Waals surface area contributed by atoms with Crippen molar-refractivity contribution in [2.45, 2.75) is 24.3 Å². The van der Waals surface area contributed by atoms with E-state index in [1.807, 2.05) is 6.92 Å². The van der Waals surface area contributed by atoms with Gasteiger partial charge in [0.25, 0.3) is 5.69 Å². The highest BCUT2D eigenvalue weighted by atomic mass is 32.2. The van der Waals surface area contributed by atoms with E-state index in [9.17, 15) is 22.9 Å². The molecule has 0 aliphatic carbocycles. The largest absolute Gasteiger partial charge is 0.326 e. The third kappa shape index (κ3) is 3.04. The Morgan fingerprint density at radius 3 is 2.71 bits per heavy atom. The molecule has 1 aromatic carbocycles. The highest BCUT2D eigenvalue weighted by molar-refractivity contribution is 7.89. The minimum absolute atomic E-state index is 0.0953. The number of halogens is 1. The molecule has 0 saturated carbocycles. The topological polar surface area (TPSA) is 107 Å². The molecule has 7 nitrogen and oxygen atoms in total. The molecule has 2 unspecified atom stereocenters. The molecule has 1 saturated heterocycles. The fraction of sp³-hybridized carbons (Fsp3) is 0.500. The van der Waals surface area contributed by atoms with Gasteiger partial charge in [0.2, 0.25) is 10.0 Å². The summed E-state index contributed by atoms with van der Waals surface area (Å²) in [7, 11) is -4.07. The number of hydrogen-bond donors (Lipinski definition) is 1. The number of hydrogen-bond acceptors (Lipinski definition) is 5. The minimum atomic E-state index is -4.07. The average Bonchev–Trinajstić information content (AvgIpc) is 2.41. The van der Waals surface area contributed by atoms with Gasteiger partial charge in [-0.2, -0.15) is 4.31 Å². The van der Waals surface area contributed by atoms with Crippen LogP contribution in [0.5, 0.6) is 0 Å². The summed E-state index contributed by atoms with van der Waals surface area (Å²) in [4.78, 5) is 9.55. The molecule has 1 heterocycles. The summed E-state index contributed by atoms with van der Waals surface area (Å²) in [6.45, 7) is 2.26. The maximum absolute atomic E-state index is 13.1. The molecule has 1 aliphatic rings. The molecule has 116 valence electrons. The summed E-state index contributed by atoms with van der Waals surface area (Å²) in [5, 5.41) is 11.0. The number of rotatable bonds is 3. The maximum atomic E-state index is 13.1. The van der Waals surface area contributed by atoms with Gasteiger partial charge < -0.3 is 5.73 Å². The molecule has 0 radical (unpaired) electrons. The van der Waals surface area contributed by atoms with Gasteiger partial charge in [0, 0.05) is 19.1 Å². The summed E-state index contributed by atoms with van der Waals surface area (Å²) >= 11 is 0. The summed E-state index contributed by atoms with van der Waals surface area (Å²) in [6, 6.07) is 2.10. The highest BCUT2D eigenvalue weighted by Crippen LogP contribution is 2.29. The fourth-order valence-corrected chi connectivity index (χ4v) is 3.91. The normalized spacial score (nSPS) is 24.0. The second-order valence-corrected chi connectivity index (χ2v) is 7.07. The van der Waals surface area contributed by atoms with Crippen LogP contribution in [0.1, 0.15) is 13.3 Å². The highest BCUT2D eigenvalue weighted by Gasteiger charge is 2.36. The van der Waals surface area contributed by atoms with E-state index in [4.69, 9.17) is 5.73 Å². The molecule has 0 bridgehead atoms. The number of nitro groups is 1. The zero-order chi connectivity index (χ0) is 15.8. The predicted molar refractivity (Wildman–Crippen MR) is 73.6 cm³/mol. The van der Waals surface area contributed by atoms with Crippen molar-refractivity contribution in [3.8, 4) is 0 Å². The van der Waals surface area contributed by atoms with Crippen LogP contribution in [0.4, 0.5) is 10.1 Å². The lowest BCUT2D eigenvalue weighted by molar-refractivity contribution is -0.388. The van der Waals surface area contributed by atoms with Gasteiger partial charge in [0.15, 0.2) is 4.90 Å². The smallest absolute Gasteiger partial charge is 0.292 e. The molecule has 1 aromatic rings. The number of piperidine rings is 1. The Labute approximate surface area is 121 Å². The Morgan fingerprint density at radius 1 is 1.48 bits per heavy atom. The Kier molecular flexibility index (Phi) is 4.26. The van der Waals surface area contributed by atoms with E-state index in [0.717, 1.165) is 16.4 Å². The zero-order valence-corrected chi connectivity index (χ0v) is 12.2. The van der Waals surface area contributed by atoms with Crippen LogP contribution < -0.4 is 5.73 Å². The molecule has 1 aliphatic heterocycles. The van der Waals surface area contributed by atoms with Crippen molar-refractivity contribution >= 4 is 15.7 Å². The van der Waals surface area contributed by atoms with Gasteiger partial charge in [-0.25, -0.2) is 12.8 Å². The van der Waals surface area contributed by atoms with E-state index in [-0.39, 0.29) is 25.0 Å².